The van der Waals surface area contributed by atoms with Crippen LogP contribution in [0.1, 0.15) is 36.4 Å². The Morgan fingerprint density at radius 1 is 1.56 bits per heavy atom. The smallest absolute Gasteiger partial charge is 0.0960 e. The molecule has 1 atom stereocenters. The number of likely N-dealkylation sites (tertiary alicyclic amines) is 1. The van der Waals surface area contributed by atoms with Crippen LogP contribution in [-0.2, 0) is 6.42 Å². The van der Waals surface area contributed by atoms with E-state index < -0.39 is 0 Å². The van der Waals surface area contributed by atoms with E-state index in [4.69, 9.17) is 0 Å². The highest BCUT2D eigenvalue weighted by atomic mass is 32.1. The number of aromatic nitrogens is 1. The average molecular weight is 240 g/mol. The van der Waals surface area contributed by atoms with Gasteiger partial charge in [0.2, 0.25) is 0 Å². The van der Waals surface area contributed by atoms with Gasteiger partial charge in [-0.3, -0.25) is 0 Å². The van der Waals surface area contributed by atoms with Gasteiger partial charge in [-0.15, -0.1) is 11.3 Å². The van der Waals surface area contributed by atoms with E-state index in [9.17, 15) is 5.11 Å². The van der Waals surface area contributed by atoms with Gasteiger partial charge in [-0.1, -0.05) is 0 Å². The van der Waals surface area contributed by atoms with Crippen LogP contribution in [0, 0.1) is 0 Å². The van der Waals surface area contributed by atoms with E-state index in [0.717, 1.165) is 5.69 Å². The highest BCUT2D eigenvalue weighted by Gasteiger charge is 2.21. The van der Waals surface area contributed by atoms with Crippen LogP contribution < -0.4 is 0 Å². The standard InChI is InChI=1S/C12H20N2OS/c1-9(15)7-11-8-16-12(13-11)10-3-5-14(2)6-4-10/h8-10,15H,3-7H2,1-2H3. The normalized spacial score (nSPS) is 21.2. The maximum Gasteiger partial charge on any atom is 0.0960 e. The molecule has 0 amide bonds. The third-order valence-electron chi connectivity index (χ3n) is 3.14. The highest BCUT2D eigenvalue weighted by Crippen LogP contribution is 2.29. The summed E-state index contributed by atoms with van der Waals surface area (Å²) in [6.45, 7) is 4.17. The second-order valence-corrected chi connectivity index (χ2v) is 5.70. The van der Waals surface area contributed by atoms with Crippen LogP contribution in [0.15, 0.2) is 5.38 Å². The van der Waals surface area contributed by atoms with Gasteiger partial charge in [-0.2, -0.15) is 0 Å². The summed E-state index contributed by atoms with van der Waals surface area (Å²) in [5.41, 5.74) is 1.05. The fourth-order valence-electron chi connectivity index (χ4n) is 2.16. The maximum atomic E-state index is 9.32. The highest BCUT2D eigenvalue weighted by molar-refractivity contribution is 7.09. The van der Waals surface area contributed by atoms with Crippen LogP contribution in [0.3, 0.4) is 0 Å². The topological polar surface area (TPSA) is 36.4 Å². The summed E-state index contributed by atoms with van der Waals surface area (Å²) >= 11 is 1.76. The Kier molecular flexibility index (Phi) is 3.95. The first-order valence-electron chi connectivity index (χ1n) is 5.96. The summed E-state index contributed by atoms with van der Waals surface area (Å²) in [6.07, 6.45) is 2.84. The maximum absolute atomic E-state index is 9.32. The van der Waals surface area contributed by atoms with E-state index in [-0.39, 0.29) is 6.10 Å². The molecule has 1 N–H and O–H groups in total. The molecule has 1 aromatic rings. The number of piperidine rings is 1. The minimum Gasteiger partial charge on any atom is -0.393 e. The van der Waals surface area contributed by atoms with Crippen molar-refractivity contribution in [3.05, 3.63) is 16.1 Å². The number of hydrogen-bond donors (Lipinski definition) is 1. The molecule has 1 aliphatic rings. The quantitative estimate of drug-likeness (QED) is 0.876. The first kappa shape index (κ1) is 12.0. The summed E-state index contributed by atoms with van der Waals surface area (Å²) in [6, 6.07) is 0. The van der Waals surface area contributed by atoms with E-state index in [2.05, 4.69) is 22.3 Å². The van der Waals surface area contributed by atoms with E-state index >= 15 is 0 Å². The van der Waals surface area contributed by atoms with Crippen molar-refractivity contribution in [3.63, 3.8) is 0 Å². The predicted molar refractivity (Wildman–Crippen MR) is 67.0 cm³/mol. The number of aliphatic hydroxyl groups excluding tert-OH is 1. The molecular formula is C12H20N2OS. The summed E-state index contributed by atoms with van der Waals surface area (Å²) in [5.74, 6) is 0.643. The predicted octanol–water partition coefficient (Wildman–Crippen LogP) is 1.88. The summed E-state index contributed by atoms with van der Waals surface area (Å²) in [7, 11) is 2.18. The number of nitrogens with zero attached hydrogens (tertiary/aromatic N) is 2. The van der Waals surface area contributed by atoms with Gasteiger partial charge in [-0.25, -0.2) is 4.98 Å². The Morgan fingerprint density at radius 2 is 2.25 bits per heavy atom. The molecular weight excluding hydrogens is 220 g/mol. The molecule has 4 heteroatoms. The van der Waals surface area contributed by atoms with Crippen molar-refractivity contribution < 1.29 is 5.11 Å². The molecule has 0 bridgehead atoms. The van der Waals surface area contributed by atoms with Crippen molar-refractivity contribution in [2.24, 2.45) is 0 Å². The van der Waals surface area contributed by atoms with E-state index in [0.29, 0.717) is 12.3 Å². The first-order valence-corrected chi connectivity index (χ1v) is 6.84. The first-order chi connectivity index (χ1) is 7.65. The zero-order valence-electron chi connectivity index (χ0n) is 10.0. The van der Waals surface area contributed by atoms with Gasteiger partial charge in [0, 0.05) is 17.7 Å². The number of aliphatic hydroxyl groups is 1. The molecule has 16 heavy (non-hydrogen) atoms. The molecule has 0 aromatic carbocycles. The van der Waals surface area contributed by atoms with Crippen LogP contribution in [0.4, 0.5) is 0 Å². The molecule has 0 radical (unpaired) electrons. The van der Waals surface area contributed by atoms with Gasteiger partial charge in [0.15, 0.2) is 0 Å². The molecule has 0 saturated carbocycles. The van der Waals surface area contributed by atoms with Crippen LogP contribution in [0.25, 0.3) is 0 Å². The Hall–Kier alpha value is -0.450. The Bertz CT molecular complexity index is 330. The molecule has 3 nitrogen and oxygen atoms in total. The van der Waals surface area contributed by atoms with Crippen molar-refractivity contribution in [1.29, 1.82) is 0 Å². The number of rotatable bonds is 3. The monoisotopic (exact) mass is 240 g/mol. The molecule has 0 aliphatic carbocycles. The molecule has 1 unspecified atom stereocenters. The van der Waals surface area contributed by atoms with Crippen molar-refractivity contribution in [3.8, 4) is 0 Å². The van der Waals surface area contributed by atoms with Crippen molar-refractivity contribution in [2.75, 3.05) is 20.1 Å². The van der Waals surface area contributed by atoms with Gasteiger partial charge in [0.1, 0.15) is 0 Å². The van der Waals surface area contributed by atoms with Crippen LogP contribution >= 0.6 is 11.3 Å². The van der Waals surface area contributed by atoms with Crippen LogP contribution in [0.5, 0.6) is 0 Å². The molecule has 0 spiro atoms. The van der Waals surface area contributed by atoms with Crippen LogP contribution in [-0.4, -0.2) is 41.2 Å². The largest absolute Gasteiger partial charge is 0.393 e. The second kappa shape index (κ2) is 5.25. The van der Waals surface area contributed by atoms with Crippen LogP contribution in [0.2, 0.25) is 0 Å². The van der Waals surface area contributed by atoms with Gasteiger partial charge < -0.3 is 10.0 Å². The molecule has 2 heterocycles. The van der Waals surface area contributed by atoms with Crippen molar-refractivity contribution in [2.45, 2.75) is 38.2 Å². The lowest BCUT2D eigenvalue weighted by molar-refractivity contribution is 0.194. The minimum absolute atomic E-state index is 0.285. The molecule has 1 fully saturated rings. The third kappa shape index (κ3) is 3.03. The summed E-state index contributed by atoms with van der Waals surface area (Å²) in [4.78, 5) is 7.01. The van der Waals surface area contributed by atoms with E-state index in [1.54, 1.807) is 11.3 Å². The number of hydrogen-bond acceptors (Lipinski definition) is 4. The molecule has 1 saturated heterocycles. The Balaban J connectivity index is 1.96. The van der Waals surface area contributed by atoms with Crippen molar-refractivity contribution in [1.82, 2.24) is 9.88 Å². The Morgan fingerprint density at radius 3 is 2.88 bits per heavy atom. The Labute approximate surface area is 101 Å². The summed E-state index contributed by atoms with van der Waals surface area (Å²) < 4.78 is 0. The molecule has 1 aromatic heterocycles. The minimum atomic E-state index is -0.285. The van der Waals surface area contributed by atoms with Gasteiger partial charge in [-0.05, 0) is 39.9 Å². The lowest BCUT2D eigenvalue weighted by Gasteiger charge is -2.27. The number of thiazole rings is 1. The fourth-order valence-corrected chi connectivity index (χ4v) is 3.17. The van der Waals surface area contributed by atoms with Crippen molar-refractivity contribution >= 4 is 11.3 Å². The SMILES string of the molecule is CC(O)Cc1csc(C2CCN(C)CC2)n1. The molecule has 90 valence electrons. The average Bonchev–Trinajstić information content (AvgIpc) is 2.66. The zero-order valence-corrected chi connectivity index (χ0v) is 10.8. The third-order valence-corrected chi connectivity index (χ3v) is 4.20. The lowest BCUT2D eigenvalue weighted by Crippen LogP contribution is -2.29. The van der Waals surface area contributed by atoms with Gasteiger partial charge in [0.25, 0.3) is 0 Å². The van der Waals surface area contributed by atoms with E-state index in [1.165, 1.54) is 30.9 Å². The fraction of sp³-hybridized carbons (Fsp3) is 0.750. The van der Waals surface area contributed by atoms with E-state index in [1.807, 2.05) is 6.92 Å². The zero-order chi connectivity index (χ0) is 11.5. The van der Waals surface area contributed by atoms with Gasteiger partial charge >= 0.3 is 0 Å². The van der Waals surface area contributed by atoms with Gasteiger partial charge in [0.05, 0.1) is 16.8 Å². The summed E-state index contributed by atoms with van der Waals surface area (Å²) in [5, 5.41) is 12.7. The lowest BCUT2D eigenvalue weighted by atomic mass is 9.98. The second-order valence-electron chi connectivity index (χ2n) is 4.81. The molecule has 2 rings (SSSR count). The molecule has 1 aliphatic heterocycles.